The van der Waals surface area contributed by atoms with Gasteiger partial charge in [0, 0.05) is 19.6 Å². The summed E-state index contributed by atoms with van der Waals surface area (Å²) in [5.74, 6) is 1.03. The lowest BCUT2D eigenvalue weighted by Crippen LogP contribution is -2.37. The zero-order chi connectivity index (χ0) is 20.9. The van der Waals surface area contributed by atoms with E-state index in [0.717, 1.165) is 5.82 Å². The minimum atomic E-state index is -4.72. The highest BCUT2D eigenvalue weighted by atomic mass is 19.4. The van der Waals surface area contributed by atoms with Gasteiger partial charge in [0.2, 0.25) is 0 Å². The zero-order valence-electron chi connectivity index (χ0n) is 16.2. The van der Waals surface area contributed by atoms with Gasteiger partial charge >= 0.3 is 12.3 Å². The molecule has 1 amide bonds. The number of hydrogen-bond acceptors (Lipinski definition) is 6. The number of aliphatic hydroxyl groups is 1. The number of morpholine rings is 1. The average Bonchev–Trinajstić information content (AvgIpc) is 2.62. The van der Waals surface area contributed by atoms with Crippen LogP contribution < -0.4 is 15.0 Å². The summed E-state index contributed by atoms with van der Waals surface area (Å²) in [4.78, 5) is 18.7. The second-order valence-corrected chi connectivity index (χ2v) is 6.93. The van der Waals surface area contributed by atoms with Crippen LogP contribution in [-0.2, 0) is 4.74 Å². The van der Waals surface area contributed by atoms with Crippen molar-refractivity contribution in [3.8, 4) is 5.75 Å². The van der Waals surface area contributed by atoms with Crippen LogP contribution in [0, 0.1) is 6.92 Å². The number of ether oxygens (including phenoxy) is 2. The number of anilines is 1. The van der Waals surface area contributed by atoms with Gasteiger partial charge < -0.3 is 24.8 Å². The smallest absolute Gasteiger partial charge is 0.408 e. The first-order chi connectivity index (χ1) is 13.1. The molecular weight excluding hydrogens is 379 g/mol. The van der Waals surface area contributed by atoms with Gasteiger partial charge in [-0.05, 0) is 30.9 Å². The molecule has 0 saturated carbocycles. The lowest BCUT2D eigenvalue weighted by atomic mass is 10.1. The number of hydrogen-bond donors (Lipinski definition) is 2. The molecule has 2 heterocycles. The van der Waals surface area contributed by atoms with Crippen molar-refractivity contribution in [2.75, 3.05) is 37.7 Å². The number of pyridine rings is 1. The van der Waals surface area contributed by atoms with Crippen molar-refractivity contribution in [2.45, 2.75) is 45.4 Å². The van der Waals surface area contributed by atoms with E-state index >= 15 is 0 Å². The average molecular weight is 405 g/mol. The number of nitrogens with one attached hydrogen (secondary N) is 1. The molecule has 1 aliphatic heterocycles. The fourth-order valence-corrected chi connectivity index (χ4v) is 2.75. The molecule has 1 atom stereocenters. The van der Waals surface area contributed by atoms with Gasteiger partial charge in [-0.25, -0.2) is 9.78 Å². The molecule has 10 heteroatoms. The van der Waals surface area contributed by atoms with Gasteiger partial charge in [-0.3, -0.25) is 0 Å². The summed E-state index contributed by atoms with van der Waals surface area (Å²) in [5.41, 5.74) is 1.29. The molecule has 0 bridgehead atoms. The molecule has 1 aliphatic rings. The van der Waals surface area contributed by atoms with Gasteiger partial charge in [0.1, 0.15) is 5.82 Å². The van der Waals surface area contributed by atoms with Crippen LogP contribution >= 0.6 is 0 Å². The molecule has 1 aromatic heterocycles. The minimum absolute atomic E-state index is 0.0328. The number of carbonyl (C=O) groups excluding carboxylic acids is 1. The van der Waals surface area contributed by atoms with Gasteiger partial charge in [0.25, 0.3) is 0 Å². The Kier molecular flexibility index (Phi) is 7.48. The predicted octanol–water partition coefficient (Wildman–Crippen LogP) is 2.75. The fourth-order valence-electron chi connectivity index (χ4n) is 2.75. The number of aryl methyl sites for hydroxylation is 1. The maximum Gasteiger partial charge on any atom is 0.414 e. The van der Waals surface area contributed by atoms with E-state index in [2.05, 4.69) is 15.2 Å². The number of rotatable bonds is 6. The quantitative estimate of drug-likeness (QED) is 0.757. The largest absolute Gasteiger partial charge is 0.414 e. The normalized spacial score (nSPS) is 16.2. The topological polar surface area (TPSA) is 83.9 Å². The van der Waals surface area contributed by atoms with Crippen LogP contribution in [0.1, 0.15) is 37.4 Å². The zero-order valence-corrected chi connectivity index (χ0v) is 16.2. The predicted molar refractivity (Wildman–Crippen MR) is 96.8 cm³/mol. The van der Waals surface area contributed by atoms with Gasteiger partial charge in [-0.1, -0.05) is 13.8 Å². The maximum absolute atomic E-state index is 12.3. The van der Waals surface area contributed by atoms with Crippen LogP contribution in [0.5, 0.6) is 5.75 Å². The van der Waals surface area contributed by atoms with E-state index in [0.29, 0.717) is 43.3 Å². The lowest BCUT2D eigenvalue weighted by Gasteiger charge is -2.29. The van der Waals surface area contributed by atoms with E-state index in [9.17, 15) is 18.0 Å². The summed E-state index contributed by atoms with van der Waals surface area (Å²) in [5, 5.41) is 11.2. The van der Waals surface area contributed by atoms with Crippen LogP contribution in [0.3, 0.4) is 0 Å². The van der Waals surface area contributed by atoms with Crippen LogP contribution in [0.25, 0.3) is 0 Å². The monoisotopic (exact) mass is 405 g/mol. The summed E-state index contributed by atoms with van der Waals surface area (Å²) >= 11 is 0. The maximum atomic E-state index is 12.3. The summed E-state index contributed by atoms with van der Waals surface area (Å²) in [6.45, 7) is 7.90. The van der Waals surface area contributed by atoms with E-state index in [1.807, 2.05) is 19.9 Å². The van der Waals surface area contributed by atoms with Crippen molar-refractivity contribution in [1.29, 1.82) is 0 Å². The Hall–Kier alpha value is -2.07. The molecule has 158 valence electrons. The fraction of sp³-hybridized carbons (Fsp3) is 0.667. The Labute approximate surface area is 161 Å². The van der Waals surface area contributed by atoms with E-state index in [1.165, 1.54) is 0 Å². The molecule has 28 heavy (non-hydrogen) atoms. The molecule has 7 nitrogen and oxygen atoms in total. The second kappa shape index (κ2) is 9.42. The summed E-state index contributed by atoms with van der Waals surface area (Å²) < 4.78 is 47.6. The molecule has 2 N–H and O–H groups in total. The summed E-state index contributed by atoms with van der Waals surface area (Å²) in [6, 6.07) is 1.81. The summed E-state index contributed by atoms with van der Waals surface area (Å²) in [6.07, 6.45) is -8.75. The first kappa shape index (κ1) is 22.2. The number of nitrogens with zero attached hydrogens (tertiary/aromatic N) is 2. The van der Waals surface area contributed by atoms with E-state index in [4.69, 9.17) is 14.6 Å². The molecule has 1 unspecified atom stereocenters. The number of carbonyl (C=O) groups is 1. The molecule has 0 spiro atoms. The van der Waals surface area contributed by atoms with Gasteiger partial charge in [-0.15, -0.1) is 0 Å². The van der Waals surface area contributed by atoms with Crippen molar-refractivity contribution in [3.05, 3.63) is 17.3 Å². The van der Waals surface area contributed by atoms with Crippen LogP contribution in [0.4, 0.5) is 23.8 Å². The third-order valence-electron chi connectivity index (χ3n) is 4.31. The minimum Gasteiger partial charge on any atom is -0.408 e. The second-order valence-electron chi connectivity index (χ2n) is 6.93. The van der Waals surface area contributed by atoms with Gasteiger partial charge in [-0.2, -0.15) is 13.2 Å². The van der Waals surface area contributed by atoms with Crippen LogP contribution in [-0.4, -0.2) is 61.3 Å². The van der Waals surface area contributed by atoms with Crippen LogP contribution in [0.2, 0.25) is 0 Å². The number of halogens is 3. The van der Waals surface area contributed by atoms with E-state index in [-0.39, 0.29) is 12.5 Å². The molecule has 1 aromatic rings. The third kappa shape index (κ3) is 5.96. The Balaban J connectivity index is 2.06. The number of alkyl halides is 3. The molecule has 1 fully saturated rings. The molecule has 0 radical (unpaired) electrons. The van der Waals surface area contributed by atoms with Crippen molar-refractivity contribution in [2.24, 2.45) is 0 Å². The Bertz CT molecular complexity index is 677. The molecule has 0 aromatic carbocycles. The Morgan fingerprint density at radius 2 is 2.04 bits per heavy atom. The lowest BCUT2D eigenvalue weighted by molar-refractivity contribution is -0.204. The first-order valence-corrected chi connectivity index (χ1v) is 9.14. The van der Waals surface area contributed by atoms with Crippen molar-refractivity contribution < 1.29 is 32.5 Å². The standard InChI is InChI=1S/C18H26F3N3O4/c1-11(2)15-16(28-17(26)22-5-4-13(25)18(19,20)21)12(3)10-14(23-15)24-6-8-27-9-7-24/h10-11,13,25H,4-9H2,1-3H3,(H,22,26). The molecule has 2 rings (SSSR count). The molecular formula is C18H26F3N3O4. The number of aliphatic hydroxyl groups excluding tert-OH is 1. The number of amides is 1. The van der Waals surface area contributed by atoms with Crippen molar-refractivity contribution in [1.82, 2.24) is 10.3 Å². The molecule has 1 saturated heterocycles. The highest BCUT2D eigenvalue weighted by Crippen LogP contribution is 2.32. The highest BCUT2D eigenvalue weighted by Gasteiger charge is 2.37. The highest BCUT2D eigenvalue weighted by molar-refractivity contribution is 5.71. The van der Waals surface area contributed by atoms with Gasteiger partial charge in [0.15, 0.2) is 11.9 Å². The van der Waals surface area contributed by atoms with Crippen molar-refractivity contribution in [3.63, 3.8) is 0 Å². The van der Waals surface area contributed by atoms with Gasteiger partial charge in [0.05, 0.1) is 18.9 Å². The van der Waals surface area contributed by atoms with Crippen LogP contribution in [0.15, 0.2) is 6.07 Å². The van der Waals surface area contributed by atoms with E-state index < -0.39 is 24.8 Å². The Morgan fingerprint density at radius 3 is 2.61 bits per heavy atom. The Morgan fingerprint density at radius 1 is 1.39 bits per heavy atom. The number of aromatic nitrogens is 1. The SMILES string of the molecule is Cc1cc(N2CCOCC2)nc(C(C)C)c1OC(=O)NCCC(O)C(F)(F)F. The van der Waals surface area contributed by atoms with Crippen molar-refractivity contribution >= 4 is 11.9 Å². The third-order valence-corrected chi connectivity index (χ3v) is 4.31. The molecule has 0 aliphatic carbocycles. The summed E-state index contributed by atoms with van der Waals surface area (Å²) in [7, 11) is 0. The first-order valence-electron chi connectivity index (χ1n) is 9.14. The van der Waals surface area contributed by atoms with E-state index in [1.54, 1.807) is 6.92 Å².